The molecule has 0 saturated carbocycles. The highest BCUT2D eigenvalue weighted by Gasteiger charge is 2.16. The van der Waals surface area contributed by atoms with Crippen LogP contribution in [-0.2, 0) is 0 Å². The SMILES string of the molecule is Cc1cc(C(=O)Nc2ccc([N+](=O)[O-])c(F)c2)sc1Br. The first-order valence-electron chi connectivity index (χ1n) is 5.39. The number of hydrogen-bond donors (Lipinski definition) is 1. The largest absolute Gasteiger partial charge is 0.321 e. The molecule has 104 valence electrons. The average molecular weight is 359 g/mol. The summed E-state index contributed by atoms with van der Waals surface area (Å²) in [5, 5.41) is 13.0. The molecule has 1 heterocycles. The number of nitrogens with one attached hydrogen (secondary N) is 1. The highest BCUT2D eigenvalue weighted by molar-refractivity contribution is 9.11. The van der Waals surface area contributed by atoms with E-state index in [2.05, 4.69) is 21.2 Å². The van der Waals surface area contributed by atoms with Gasteiger partial charge in [0.05, 0.1) is 13.6 Å². The number of halogens is 2. The Morgan fingerprint density at radius 3 is 2.65 bits per heavy atom. The summed E-state index contributed by atoms with van der Waals surface area (Å²) in [6.45, 7) is 1.85. The number of aryl methyl sites for hydroxylation is 1. The third kappa shape index (κ3) is 3.02. The van der Waals surface area contributed by atoms with E-state index in [1.807, 2.05) is 6.92 Å². The molecular formula is C12H8BrFN2O3S. The third-order valence-electron chi connectivity index (χ3n) is 2.48. The average Bonchev–Trinajstić information content (AvgIpc) is 2.69. The van der Waals surface area contributed by atoms with Crippen LogP contribution in [0.2, 0.25) is 0 Å². The fourth-order valence-electron chi connectivity index (χ4n) is 1.50. The van der Waals surface area contributed by atoms with Gasteiger partial charge in [-0.25, -0.2) is 0 Å². The van der Waals surface area contributed by atoms with E-state index in [9.17, 15) is 19.3 Å². The summed E-state index contributed by atoms with van der Waals surface area (Å²) in [7, 11) is 0. The Bertz CT molecular complexity index is 683. The highest BCUT2D eigenvalue weighted by Crippen LogP contribution is 2.28. The van der Waals surface area contributed by atoms with Gasteiger partial charge in [0.15, 0.2) is 0 Å². The van der Waals surface area contributed by atoms with Crippen molar-refractivity contribution in [2.24, 2.45) is 0 Å². The van der Waals surface area contributed by atoms with E-state index in [0.29, 0.717) is 4.88 Å². The van der Waals surface area contributed by atoms with Crippen LogP contribution in [0.3, 0.4) is 0 Å². The van der Waals surface area contributed by atoms with Crippen LogP contribution in [0, 0.1) is 22.9 Å². The molecule has 8 heteroatoms. The van der Waals surface area contributed by atoms with Crippen molar-refractivity contribution in [2.45, 2.75) is 6.92 Å². The molecule has 2 rings (SSSR count). The molecule has 0 unspecified atom stereocenters. The topological polar surface area (TPSA) is 72.2 Å². The molecule has 5 nitrogen and oxygen atoms in total. The summed E-state index contributed by atoms with van der Waals surface area (Å²) >= 11 is 4.57. The number of anilines is 1. The van der Waals surface area contributed by atoms with E-state index >= 15 is 0 Å². The molecule has 20 heavy (non-hydrogen) atoms. The predicted octanol–water partition coefficient (Wildman–Crippen LogP) is 4.12. The van der Waals surface area contributed by atoms with Crippen LogP contribution in [0.5, 0.6) is 0 Å². The van der Waals surface area contributed by atoms with Crippen LogP contribution < -0.4 is 5.32 Å². The van der Waals surface area contributed by atoms with Gasteiger partial charge in [-0.05, 0) is 40.5 Å². The maximum atomic E-state index is 13.4. The standard InChI is InChI=1S/C12H8BrFN2O3S/c1-6-4-10(20-11(6)13)12(17)15-7-2-3-9(16(18)19)8(14)5-7/h2-5H,1H3,(H,15,17). The van der Waals surface area contributed by atoms with E-state index in [-0.39, 0.29) is 5.69 Å². The lowest BCUT2D eigenvalue weighted by Crippen LogP contribution is -2.10. The first-order valence-corrected chi connectivity index (χ1v) is 7.00. The number of nitrogens with zero attached hydrogens (tertiary/aromatic N) is 1. The van der Waals surface area contributed by atoms with Crippen molar-refractivity contribution >= 4 is 44.5 Å². The van der Waals surface area contributed by atoms with Crippen molar-refractivity contribution < 1.29 is 14.1 Å². The Morgan fingerprint density at radius 2 is 2.15 bits per heavy atom. The molecule has 0 bridgehead atoms. The normalized spacial score (nSPS) is 10.3. The van der Waals surface area contributed by atoms with Gasteiger partial charge in [-0.3, -0.25) is 14.9 Å². The monoisotopic (exact) mass is 358 g/mol. The summed E-state index contributed by atoms with van der Waals surface area (Å²) < 4.78 is 14.3. The van der Waals surface area contributed by atoms with Crippen molar-refractivity contribution in [2.75, 3.05) is 5.32 Å². The molecule has 1 aromatic heterocycles. The summed E-state index contributed by atoms with van der Waals surface area (Å²) in [5.74, 6) is -1.38. The molecule has 1 aromatic carbocycles. The van der Waals surface area contributed by atoms with Gasteiger partial charge in [-0.1, -0.05) is 0 Å². The zero-order valence-electron chi connectivity index (χ0n) is 10.1. The van der Waals surface area contributed by atoms with E-state index in [1.54, 1.807) is 6.07 Å². The first-order chi connectivity index (χ1) is 9.38. The Balaban J connectivity index is 2.20. The number of hydrogen-bond acceptors (Lipinski definition) is 4. The first kappa shape index (κ1) is 14.6. The van der Waals surface area contributed by atoms with Gasteiger partial charge < -0.3 is 5.32 Å². The molecule has 0 radical (unpaired) electrons. The number of carbonyl (C=O) groups excluding carboxylic acids is 1. The molecule has 0 spiro atoms. The van der Waals surface area contributed by atoms with Crippen molar-refractivity contribution in [3.8, 4) is 0 Å². The predicted molar refractivity (Wildman–Crippen MR) is 77.8 cm³/mol. The Morgan fingerprint density at radius 1 is 1.45 bits per heavy atom. The minimum atomic E-state index is -0.989. The number of rotatable bonds is 3. The van der Waals surface area contributed by atoms with Gasteiger partial charge in [0, 0.05) is 17.8 Å². The highest BCUT2D eigenvalue weighted by atomic mass is 79.9. The van der Waals surface area contributed by atoms with Gasteiger partial charge in [-0.2, -0.15) is 4.39 Å². The molecule has 1 amide bonds. The van der Waals surface area contributed by atoms with Crippen molar-refractivity contribution in [1.82, 2.24) is 0 Å². The Hall–Kier alpha value is -1.80. The lowest BCUT2D eigenvalue weighted by Gasteiger charge is -2.03. The maximum absolute atomic E-state index is 13.4. The number of thiophene rings is 1. The number of benzene rings is 1. The van der Waals surface area contributed by atoms with Crippen molar-refractivity contribution in [1.29, 1.82) is 0 Å². The van der Waals surface area contributed by atoms with Crippen molar-refractivity contribution in [3.05, 3.63) is 54.4 Å². The molecule has 2 aromatic rings. The summed E-state index contributed by atoms with van der Waals surface area (Å²) in [4.78, 5) is 22.1. The molecule has 0 atom stereocenters. The smallest absolute Gasteiger partial charge is 0.304 e. The fraction of sp³-hybridized carbons (Fsp3) is 0.0833. The third-order valence-corrected chi connectivity index (χ3v) is 4.62. The summed E-state index contributed by atoms with van der Waals surface area (Å²) in [6, 6.07) is 4.92. The Kier molecular flexibility index (Phi) is 4.15. The van der Waals surface area contributed by atoms with Gasteiger partial charge in [0.2, 0.25) is 5.82 Å². The van der Waals surface area contributed by atoms with Gasteiger partial charge in [0.1, 0.15) is 0 Å². The number of nitro groups is 1. The second-order valence-electron chi connectivity index (χ2n) is 3.94. The van der Waals surface area contributed by atoms with Gasteiger partial charge in [0.25, 0.3) is 5.91 Å². The summed E-state index contributed by atoms with van der Waals surface area (Å²) in [5.41, 5.74) is 0.466. The van der Waals surface area contributed by atoms with E-state index in [1.165, 1.54) is 17.4 Å². The molecule has 0 saturated heterocycles. The second-order valence-corrected chi connectivity index (χ2v) is 6.31. The van der Waals surface area contributed by atoms with Crippen LogP contribution >= 0.6 is 27.3 Å². The van der Waals surface area contributed by atoms with Crippen LogP contribution in [0.25, 0.3) is 0 Å². The lowest BCUT2D eigenvalue weighted by molar-refractivity contribution is -0.387. The Labute approximate surface area is 125 Å². The number of carbonyl (C=O) groups is 1. The van der Waals surface area contributed by atoms with Crippen LogP contribution in [0.1, 0.15) is 15.2 Å². The van der Waals surface area contributed by atoms with Crippen LogP contribution in [-0.4, -0.2) is 10.8 Å². The molecule has 0 aliphatic rings. The lowest BCUT2D eigenvalue weighted by atomic mass is 10.2. The second kappa shape index (κ2) is 5.68. The molecule has 1 N–H and O–H groups in total. The summed E-state index contributed by atoms with van der Waals surface area (Å²) in [6.07, 6.45) is 0. The zero-order valence-corrected chi connectivity index (χ0v) is 12.5. The van der Waals surface area contributed by atoms with Crippen LogP contribution in [0.15, 0.2) is 28.1 Å². The van der Waals surface area contributed by atoms with Crippen molar-refractivity contribution in [3.63, 3.8) is 0 Å². The zero-order chi connectivity index (χ0) is 14.9. The maximum Gasteiger partial charge on any atom is 0.304 e. The number of amides is 1. The molecule has 0 aliphatic carbocycles. The fourth-order valence-corrected chi connectivity index (χ4v) is 2.93. The minimum absolute atomic E-state index is 0.167. The van der Waals surface area contributed by atoms with E-state index in [4.69, 9.17) is 0 Å². The molecule has 0 aliphatic heterocycles. The van der Waals surface area contributed by atoms with Gasteiger partial charge in [-0.15, -0.1) is 11.3 Å². The van der Waals surface area contributed by atoms with Gasteiger partial charge >= 0.3 is 5.69 Å². The number of nitro benzene ring substituents is 1. The van der Waals surface area contributed by atoms with E-state index in [0.717, 1.165) is 21.5 Å². The van der Waals surface area contributed by atoms with Crippen LogP contribution in [0.4, 0.5) is 15.8 Å². The molecular weight excluding hydrogens is 351 g/mol. The minimum Gasteiger partial charge on any atom is -0.321 e. The van der Waals surface area contributed by atoms with E-state index < -0.39 is 22.3 Å². The molecule has 0 fully saturated rings. The quantitative estimate of drug-likeness (QED) is 0.662.